The van der Waals surface area contributed by atoms with Gasteiger partial charge in [0.05, 0.1) is 17.3 Å². The van der Waals surface area contributed by atoms with Gasteiger partial charge >= 0.3 is 0 Å². The van der Waals surface area contributed by atoms with Crippen LogP contribution in [0, 0.1) is 0 Å². The van der Waals surface area contributed by atoms with Gasteiger partial charge in [0.15, 0.2) is 0 Å². The predicted octanol–water partition coefficient (Wildman–Crippen LogP) is 4.99. The SMILES string of the molecule is C=CCOc1ccc(C(=O)Nc2ccccc2C(=O)N[C@H](C)c2ccccc2)cc1. The number of ether oxygens (including phenoxy) is 1. The third-order valence-corrected chi connectivity index (χ3v) is 4.55. The summed E-state index contributed by atoms with van der Waals surface area (Å²) in [4.78, 5) is 25.5. The summed E-state index contributed by atoms with van der Waals surface area (Å²) in [5.41, 5.74) is 2.33. The highest BCUT2D eigenvalue weighted by atomic mass is 16.5. The highest BCUT2D eigenvalue weighted by Gasteiger charge is 2.16. The first kappa shape index (κ1) is 20.9. The normalized spacial score (nSPS) is 11.2. The van der Waals surface area contributed by atoms with Crippen molar-refractivity contribution in [2.75, 3.05) is 11.9 Å². The summed E-state index contributed by atoms with van der Waals surface area (Å²) in [5, 5.41) is 5.80. The van der Waals surface area contributed by atoms with Gasteiger partial charge in [-0.3, -0.25) is 9.59 Å². The molecule has 0 saturated carbocycles. The van der Waals surface area contributed by atoms with Crippen LogP contribution in [0.5, 0.6) is 5.75 Å². The maximum atomic E-state index is 12.8. The minimum absolute atomic E-state index is 0.162. The number of nitrogens with one attached hydrogen (secondary N) is 2. The second-order valence-corrected chi connectivity index (χ2v) is 6.73. The van der Waals surface area contributed by atoms with Crippen LogP contribution in [0.3, 0.4) is 0 Å². The Hall–Kier alpha value is -3.86. The summed E-state index contributed by atoms with van der Waals surface area (Å²) in [6.45, 7) is 5.92. The highest BCUT2D eigenvalue weighted by Crippen LogP contribution is 2.20. The van der Waals surface area contributed by atoms with Gasteiger partial charge in [-0.2, -0.15) is 0 Å². The molecule has 0 spiro atoms. The summed E-state index contributed by atoms with van der Waals surface area (Å²) < 4.78 is 5.43. The molecule has 5 heteroatoms. The molecular formula is C25H24N2O3. The van der Waals surface area contributed by atoms with Gasteiger partial charge in [0.25, 0.3) is 11.8 Å². The lowest BCUT2D eigenvalue weighted by Gasteiger charge is -2.16. The quantitative estimate of drug-likeness (QED) is 0.523. The Morgan fingerprint density at radius 3 is 2.30 bits per heavy atom. The number of hydrogen-bond acceptors (Lipinski definition) is 3. The fourth-order valence-electron chi connectivity index (χ4n) is 2.94. The van der Waals surface area contributed by atoms with Crippen molar-refractivity contribution >= 4 is 17.5 Å². The Morgan fingerprint density at radius 2 is 1.60 bits per heavy atom. The average Bonchev–Trinajstić information content (AvgIpc) is 2.78. The number of rotatable bonds is 8. The lowest BCUT2D eigenvalue weighted by Crippen LogP contribution is -2.28. The molecule has 3 aromatic carbocycles. The molecule has 0 bridgehead atoms. The zero-order valence-electron chi connectivity index (χ0n) is 16.8. The maximum absolute atomic E-state index is 12.8. The van der Waals surface area contributed by atoms with Crippen LogP contribution in [0.2, 0.25) is 0 Å². The molecule has 0 saturated heterocycles. The zero-order valence-corrected chi connectivity index (χ0v) is 16.8. The topological polar surface area (TPSA) is 67.4 Å². The van der Waals surface area contributed by atoms with Crippen molar-refractivity contribution < 1.29 is 14.3 Å². The third kappa shape index (κ3) is 5.35. The van der Waals surface area contributed by atoms with Crippen LogP contribution >= 0.6 is 0 Å². The monoisotopic (exact) mass is 400 g/mol. The molecule has 0 unspecified atom stereocenters. The molecule has 0 radical (unpaired) electrons. The summed E-state index contributed by atoms with van der Waals surface area (Å²) >= 11 is 0. The van der Waals surface area contributed by atoms with Crippen LogP contribution in [-0.2, 0) is 0 Å². The van der Waals surface area contributed by atoms with Crippen LogP contribution in [0.4, 0.5) is 5.69 Å². The number of carbonyl (C=O) groups is 2. The molecule has 2 amide bonds. The largest absolute Gasteiger partial charge is 0.490 e. The van der Waals surface area contributed by atoms with E-state index >= 15 is 0 Å². The number of benzene rings is 3. The first-order valence-corrected chi connectivity index (χ1v) is 9.68. The number of anilines is 1. The van der Waals surface area contributed by atoms with E-state index in [0.29, 0.717) is 29.2 Å². The molecule has 30 heavy (non-hydrogen) atoms. The second kappa shape index (κ2) is 10.1. The number of hydrogen-bond donors (Lipinski definition) is 2. The lowest BCUT2D eigenvalue weighted by atomic mass is 10.1. The van der Waals surface area contributed by atoms with Crippen LogP contribution in [0.1, 0.15) is 39.2 Å². The van der Waals surface area contributed by atoms with E-state index in [2.05, 4.69) is 17.2 Å². The Labute approximate surface area is 176 Å². The van der Waals surface area contributed by atoms with E-state index in [-0.39, 0.29) is 17.9 Å². The first-order chi connectivity index (χ1) is 14.6. The Bertz CT molecular complexity index is 1010. The standard InChI is InChI=1S/C25H24N2O3/c1-3-17-30-21-15-13-20(14-16-21)24(28)27-23-12-8-7-11-22(23)25(29)26-18(2)19-9-5-4-6-10-19/h3-16,18H,1,17H2,2H3,(H,26,29)(H,27,28)/t18-/m1/s1. The van der Waals surface area contributed by atoms with E-state index in [1.54, 1.807) is 54.6 Å². The summed E-state index contributed by atoms with van der Waals surface area (Å²) in [7, 11) is 0. The molecule has 0 aliphatic heterocycles. The molecule has 152 valence electrons. The highest BCUT2D eigenvalue weighted by molar-refractivity contribution is 6.09. The van der Waals surface area contributed by atoms with E-state index in [1.807, 2.05) is 37.3 Å². The van der Waals surface area contributed by atoms with Crippen LogP contribution in [0.25, 0.3) is 0 Å². The van der Waals surface area contributed by atoms with Gasteiger partial charge < -0.3 is 15.4 Å². The van der Waals surface area contributed by atoms with Crippen molar-refractivity contribution in [1.29, 1.82) is 0 Å². The fraction of sp³-hybridized carbons (Fsp3) is 0.120. The van der Waals surface area contributed by atoms with Crippen LogP contribution < -0.4 is 15.4 Å². The number of para-hydroxylation sites is 1. The van der Waals surface area contributed by atoms with Crippen molar-refractivity contribution in [2.45, 2.75) is 13.0 Å². The Morgan fingerprint density at radius 1 is 0.933 bits per heavy atom. The first-order valence-electron chi connectivity index (χ1n) is 9.68. The smallest absolute Gasteiger partial charge is 0.255 e. The molecule has 3 aromatic rings. The van der Waals surface area contributed by atoms with Gasteiger partial charge in [-0.15, -0.1) is 0 Å². The van der Waals surface area contributed by atoms with Gasteiger partial charge in [0.1, 0.15) is 12.4 Å². The molecule has 0 fully saturated rings. The molecule has 0 aromatic heterocycles. The van der Waals surface area contributed by atoms with Gasteiger partial charge in [0, 0.05) is 5.56 Å². The molecule has 0 aliphatic carbocycles. The average molecular weight is 400 g/mol. The number of amides is 2. The van der Waals surface area contributed by atoms with E-state index in [0.717, 1.165) is 5.56 Å². The Kier molecular flexibility index (Phi) is 7.00. The van der Waals surface area contributed by atoms with E-state index in [9.17, 15) is 9.59 Å². The van der Waals surface area contributed by atoms with E-state index in [4.69, 9.17) is 4.74 Å². The zero-order chi connectivity index (χ0) is 21.3. The van der Waals surface area contributed by atoms with Crippen molar-refractivity contribution in [2.24, 2.45) is 0 Å². The van der Waals surface area contributed by atoms with E-state index in [1.165, 1.54) is 0 Å². The fourth-order valence-corrected chi connectivity index (χ4v) is 2.94. The van der Waals surface area contributed by atoms with Crippen molar-refractivity contribution in [1.82, 2.24) is 5.32 Å². The second-order valence-electron chi connectivity index (χ2n) is 6.73. The maximum Gasteiger partial charge on any atom is 0.255 e. The van der Waals surface area contributed by atoms with Gasteiger partial charge in [-0.1, -0.05) is 55.1 Å². The molecule has 0 heterocycles. The third-order valence-electron chi connectivity index (χ3n) is 4.55. The van der Waals surface area contributed by atoms with Crippen molar-refractivity contribution in [3.63, 3.8) is 0 Å². The lowest BCUT2D eigenvalue weighted by molar-refractivity contribution is 0.0941. The predicted molar refractivity (Wildman–Crippen MR) is 119 cm³/mol. The Balaban J connectivity index is 1.70. The van der Waals surface area contributed by atoms with Crippen LogP contribution in [-0.4, -0.2) is 18.4 Å². The molecule has 3 rings (SSSR count). The minimum atomic E-state index is -0.304. The summed E-state index contributed by atoms with van der Waals surface area (Å²) in [6.07, 6.45) is 1.65. The van der Waals surface area contributed by atoms with Crippen molar-refractivity contribution in [3.8, 4) is 5.75 Å². The van der Waals surface area contributed by atoms with Gasteiger partial charge in [0.2, 0.25) is 0 Å². The molecule has 2 N–H and O–H groups in total. The summed E-state index contributed by atoms with van der Waals surface area (Å²) in [6, 6.07) is 23.3. The van der Waals surface area contributed by atoms with Crippen molar-refractivity contribution in [3.05, 3.63) is 108 Å². The van der Waals surface area contributed by atoms with E-state index < -0.39 is 0 Å². The minimum Gasteiger partial charge on any atom is -0.490 e. The van der Waals surface area contributed by atoms with Gasteiger partial charge in [-0.05, 0) is 48.9 Å². The summed E-state index contributed by atoms with van der Waals surface area (Å²) in [5.74, 6) is 0.0955. The molecule has 0 aliphatic rings. The molecule has 1 atom stereocenters. The number of carbonyl (C=O) groups excluding carboxylic acids is 2. The molecule has 5 nitrogen and oxygen atoms in total. The van der Waals surface area contributed by atoms with Gasteiger partial charge in [-0.25, -0.2) is 0 Å². The molecular weight excluding hydrogens is 376 g/mol. The van der Waals surface area contributed by atoms with Crippen LogP contribution in [0.15, 0.2) is 91.5 Å².